The minimum atomic E-state index is -5.06. The van der Waals surface area contributed by atoms with Crippen LogP contribution in [0.2, 0.25) is 0 Å². The molecule has 2 unspecified atom stereocenters. The highest BCUT2D eigenvalue weighted by molar-refractivity contribution is 5.42. The van der Waals surface area contributed by atoms with Gasteiger partial charge in [-0.15, -0.1) is 0 Å². The van der Waals surface area contributed by atoms with Gasteiger partial charge < -0.3 is 19.9 Å². The maximum Gasteiger partial charge on any atom is 0.461 e. The van der Waals surface area contributed by atoms with E-state index in [1.165, 1.54) is 24.3 Å². The van der Waals surface area contributed by atoms with E-state index in [0.717, 1.165) is 24.3 Å². The first kappa shape index (κ1) is 30.9. The topological polar surface area (TPSA) is 50.7 Å². The zero-order valence-corrected chi connectivity index (χ0v) is 19.7. The summed E-state index contributed by atoms with van der Waals surface area (Å²) in [7, 11) is 0. The molecule has 0 spiro atoms. The van der Waals surface area contributed by atoms with Crippen LogP contribution in [0.25, 0.3) is 0 Å². The molecule has 218 valence electrons. The van der Waals surface area contributed by atoms with Crippen molar-refractivity contribution in [1.29, 1.82) is 0 Å². The molecule has 0 fully saturated rings. The third kappa shape index (κ3) is 7.97. The van der Waals surface area contributed by atoms with E-state index in [1.807, 2.05) is 0 Å². The molecule has 0 aromatic heterocycles. The normalized spacial score (nSPS) is 14.2. The molecule has 3 aromatic carbocycles. The molecule has 0 aliphatic heterocycles. The number of nitrogens with one attached hydrogen (secondary N) is 1. The number of rotatable bonds is 10. The molecule has 0 amide bonds. The Morgan fingerprint density at radius 3 is 1.95 bits per heavy atom. The van der Waals surface area contributed by atoms with E-state index in [4.69, 9.17) is 4.74 Å². The molecule has 0 heterocycles. The van der Waals surface area contributed by atoms with Crippen molar-refractivity contribution >= 4 is 0 Å². The second-order valence-electron chi connectivity index (χ2n) is 8.25. The van der Waals surface area contributed by atoms with Crippen LogP contribution in [0.5, 0.6) is 17.2 Å². The highest BCUT2D eigenvalue weighted by Gasteiger charge is 2.44. The minimum absolute atomic E-state index is 0.0258. The summed E-state index contributed by atoms with van der Waals surface area (Å²) in [5.41, 5.74) is -1.87. The summed E-state index contributed by atoms with van der Waals surface area (Å²) in [5.74, 6) is -2.40. The van der Waals surface area contributed by atoms with Gasteiger partial charge in [-0.2, -0.15) is 43.9 Å². The molecule has 0 bridgehead atoms. The van der Waals surface area contributed by atoms with Crippen LogP contribution < -0.4 is 14.8 Å². The molecule has 2 atom stereocenters. The van der Waals surface area contributed by atoms with Crippen LogP contribution in [-0.4, -0.2) is 36.5 Å². The van der Waals surface area contributed by atoms with Crippen LogP contribution in [0.1, 0.15) is 22.7 Å². The van der Waals surface area contributed by atoms with Crippen molar-refractivity contribution in [2.75, 3.05) is 6.54 Å². The quantitative estimate of drug-likeness (QED) is 0.241. The highest BCUT2D eigenvalue weighted by atomic mass is 19.4. The zero-order valence-electron chi connectivity index (χ0n) is 19.7. The van der Waals surface area contributed by atoms with Crippen molar-refractivity contribution in [1.82, 2.24) is 5.32 Å². The van der Waals surface area contributed by atoms with E-state index in [-0.39, 0.29) is 23.1 Å². The molecule has 0 radical (unpaired) electrons. The first-order valence-corrected chi connectivity index (χ1v) is 11.0. The number of aliphatic hydroxyl groups is 1. The number of hydrogen-bond donors (Lipinski definition) is 2. The molecule has 0 aliphatic carbocycles. The van der Waals surface area contributed by atoms with Crippen LogP contribution in [0, 0.1) is 5.82 Å². The molecule has 40 heavy (non-hydrogen) atoms. The lowest BCUT2D eigenvalue weighted by Gasteiger charge is -2.24. The Morgan fingerprint density at radius 2 is 1.38 bits per heavy atom. The fraction of sp³-hybridized carbons (Fsp3) is 0.280. The smallest absolute Gasteiger partial charge is 0.457 e. The summed E-state index contributed by atoms with van der Waals surface area (Å²) in [6, 6.07) is 9.01. The fourth-order valence-electron chi connectivity index (χ4n) is 3.39. The predicted molar refractivity (Wildman–Crippen MR) is 118 cm³/mol. The standard InChI is InChI=1S/C25H18F11NO3/c26-19-10-14(23(29,30)31)7-8-18(19)21(37-12-20(38)24(32,33)34)13-3-1-4-15(9-13)39-16-5-2-6-17(11-16)40-25(35,36)22(27)28/h1-11,20-22,37-38H,12H2. The Labute approximate surface area is 218 Å². The van der Waals surface area contributed by atoms with E-state index in [2.05, 4.69) is 10.1 Å². The molecule has 0 saturated heterocycles. The molecule has 3 rings (SSSR count). The van der Waals surface area contributed by atoms with Crippen LogP contribution in [0.4, 0.5) is 48.3 Å². The Balaban J connectivity index is 1.93. The number of ether oxygens (including phenoxy) is 2. The van der Waals surface area contributed by atoms with E-state index in [0.29, 0.717) is 12.1 Å². The van der Waals surface area contributed by atoms with Gasteiger partial charge >= 0.3 is 24.9 Å². The summed E-state index contributed by atoms with van der Waals surface area (Å²) < 4.78 is 153. The molecular weight excluding hydrogens is 571 g/mol. The summed E-state index contributed by atoms with van der Waals surface area (Å²) in [5, 5.41) is 11.6. The molecule has 4 nitrogen and oxygen atoms in total. The number of hydrogen-bond acceptors (Lipinski definition) is 4. The molecule has 0 aliphatic rings. The lowest BCUT2D eigenvalue weighted by Crippen LogP contribution is -2.40. The zero-order chi connectivity index (χ0) is 29.9. The molecular formula is C25H18F11NO3. The van der Waals surface area contributed by atoms with Crippen molar-refractivity contribution in [3.05, 3.63) is 89.2 Å². The Bertz CT molecular complexity index is 1300. The van der Waals surface area contributed by atoms with Gasteiger partial charge in [-0.25, -0.2) is 4.39 Å². The van der Waals surface area contributed by atoms with Crippen LogP contribution in [0.3, 0.4) is 0 Å². The average Bonchev–Trinajstić information content (AvgIpc) is 2.83. The summed E-state index contributed by atoms with van der Waals surface area (Å²) in [6.07, 6.45) is -21.8. The van der Waals surface area contributed by atoms with Crippen molar-refractivity contribution in [2.45, 2.75) is 37.0 Å². The van der Waals surface area contributed by atoms with E-state index in [1.54, 1.807) is 0 Å². The van der Waals surface area contributed by atoms with E-state index in [9.17, 15) is 53.4 Å². The van der Waals surface area contributed by atoms with Gasteiger partial charge in [0.2, 0.25) is 0 Å². The highest BCUT2D eigenvalue weighted by Crippen LogP contribution is 2.35. The number of aliphatic hydroxyl groups excluding tert-OH is 1. The molecule has 15 heteroatoms. The summed E-state index contributed by atoms with van der Waals surface area (Å²) in [4.78, 5) is 0. The Hall–Kier alpha value is -3.59. The predicted octanol–water partition coefficient (Wildman–Crippen LogP) is 7.48. The van der Waals surface area contributed by atoms with Gasteiger partial charge in [-0.1, -0.05) is 24.3 Å². The Kier molecular flexibility index (Phi) is 9.19. The van der Waals surface area contributed by atoms with Crippen molar-refractivity contribution < 1.29 is 62.9 Å². The van der Waals surface area contributed by atoms with Crippen molar-refractivity contribution in [3.63, 3.8) is 0 Å². The van der Waals surface area contributed by atoms with Gasteiger partial charge in [-0.3, -0.25) is 0 Å². The van der Waals surface area contributed by atoms with E-state index < -0.39 is 66.3 Å². The average molecular weight is 589 g/mol. The van der Waals surface area contributed by atoms with Crippen LogP contribution >= 0.6 is 0 Å². The fourth-order valence-corrected chi connectivity index (χ4v) is 3.39. The van der Waals surface area contributed by atoms with Gasteiger partial charge in [-0.05, 0) is 42.0 Å². The SMILES string of the molecule is OC(CNC(c1cccc(Oc2cccc(OC(F)(F)C(F)F)c2)c1)c1ccc(C(F)(F)F)cc1F)C(F)(F)F. The third-order valence-electron chi connectivity index (χ3n) is 5.27. The van der Waals surface area contributed by atoms with Crippen molar-refractivity contribution in [3.8, 4) is 17.2 Å². The van der Waals surface area contributed by atoms with Crippen LogP contribution in [-0.2, 0) is 6.18 Å². The minimum Gasteiger partial charge on any atom is -0.457 e. The monoisotopic (exact) mass is 589 g/mol. The maximum atomic E-state index is 14.8. The first-order valence-electron chi connectivity index (χ1n) is 11.0. The lowest BCUT2D eigenvalue weighted by molar-refractivity contribution is -0.253. The summed E-state index contributed by atoms with van der Waals surface area (Å²) >= 11 is 0. The summed E-state index contributed by atoms with van der Waals surface area (Å²) in [6.45, 7) is -1.17. The first-order chi connectivity index (χ1) is 18.5. The van der Waals surface area contributed by atoms with Crippen molar-refractivity contribution in [2.24, 2.45) is 0 Å². The van der Waals surface area contributed by atoms with Gasteiger partial charge in [0, 0.05) is 18.2 Å². The van der Waals surface area contributed by atoms with Gasteiger partial charge in [0.05, 0.1) is 11.6 Å². The number of alkyl halides is 10. The number of halogens is 11. The Morgan fingerprint density at radius 1 is 0.775 bits per heavy atom. The molecule has 3 aromatic rings. The molecule has 2 N–H and O–H groups in total. The maximum absolute atomic E-state index is 14.8. The molecule has 0 saturated carbocycles. The van der Waals surface area contributed by atoms with Crippen LogP contribution in [0.15, 0.2) is 66.7 Å². The van der Waals surface area contributed by atoms with Gasteiger partial charge in [0.1, 0.15) is 23.1 Å². The van der Waals surface area contributed by atoms with E-state index >= 15 is 0 Å². The largest absolute Gasteiger partial charge is 0.461 e. The third-order valence-corrected chi connectivity index (χ3v) is 5.27. The second-order valence-corrected chi connectivity index (χ2v) is 8.25. The second kappa shape index (κ2) is 11.9. The lowest BCUT2D eigenvalue weighted by atomic mass is 9.96. The van der Waals surface area contributed by atoms with Gasteiger partial charge in [0.25, 0.3) is 0 Å². The van der Waals surface area contributed by atoms with Gasteiger partial charge in [0.15, 0.2) is 6.10 Å². The number of benzene rings is 3.